The van der Waals surface area contributed by atoms with Gasteiger partial charge in [-0.05, 0) is 30.3 Å². The number of fused-ring (bicyclic) bond motifs is 1. The zero-order chi connectivity index (χ0) is 16.2. The van der Waals surface area contributed by atoms with Crippen molar-refractivity contribution in [2.24, 2.45) is 0 Å². The molecule has 0 aliphatic heterocycles. The van der Waals surface area contributed by atoms with Gasteiger partial charge in [0.1, 0.15) is 11.5 Å². The predicted molar refractivity (Wildman–Crippen MR) is 88.9 cm³/mol. The van der Waals surface area contributed by atoms with Crippen LogP contribution >= 0.6 is 15.9 Å². The Bertz CT molecular complexity index is 840. The fraction of sp³-hybridized carbons (Fsp3) is 0.125. The quantitative estimate of drug-likeness (QED) is 0.640. The average Bonchev–Trinajstić information content (AvgIpc) is 3.19. The van der Waals surface area contributed by atoms with Gasteiger partial charge in [-0.2, -0.15) is 0 Å². The summed E-state index contributed by atoms with van der Waals surface area (Å²) in [5.41, 5.74) is 1.27. The molecule has 0 aliphatic carbocycles. The number of H-pyrrole nitrogens is 1. The molecule has 1 aromatic carbocycles. The summed E-state index contributed by atoms with van der Waals surface area (Å²) in [6, 6.07) is 11.0. The van der Waals surface area contributed by atoms with Crippen LogP contribution in [0.4, 0.5) is 0 Å². The molecule has 2 amide bonds. The number of benzene rings is 1. The lowest BCUT2D eigenvalue weighted by Crippen LogP contribution is -2.36. The van der Waals surface area contributed by atoms with Crippen LogP contribution in [0.15, 0.2) is 51.6 Å². The van der Waals surface area contributed by atoms with E-state index in [1.54, 1.807) is 18.2 Å². The molecule has 23 heavy (non-hydrogen) atoms. The molecule has 6 nitrogen and oxygen atoms in total. The van der Waals surface area contributed by atoms with Gasteiger partial charge in [0, 0.05) is 15.4 Å². The highest BCUT2D eigenvalue weighted by atomic mass is 79.9. The van der Waals surface area contributed by atoms with E-state index in [1.165, 1.54) is 6.26 Å². The summed E-state index contributed by atoms with van der Waals surface area (Å²) in [4.78, 5) is 26.8. The molecule has 0 unspecified atom stereocenters. The van der Waals surface area contributed by atoms with E-state index >= 15 is 0 Å². The lowest BCUT2D eigenvalue weighted by atomic mass is 10.2. The van der Waals surface area contributed by atoms with Crippen molar-refractivity contribution in [3.8, 4) is 0 Å². The van der Waals surface area contributed by atoms with Crippen LogP contribution in [-0.2, 0) is 11.3 Å². The van der Waals surface area contributed by atoms with Crippen LogP contribution in [0.1, 0.15) is 16.2 Å². The second kappa shape index (κ2) is 6.70. The molecule has 0 spiro atoms. The van der Waals surface area contributed by atoms with Crippen LogP contribution in [0.3, 0.4) is 0 Å². The number of hydrogen-bond acceptors (Lipinski definition) is 3. The molecular weight excluding hydrogens is 362 g/mol. The molecule has 0 aliphatic rings. The smallest absolute Gasteiger partial charge is 0.268 e. The standard InChI is InChI=1S/C16H14BrN3O3/c17-11-4-3-10-6-14(20-13(10)7-11)16(22)19-9-15(21)18-8-12-2-1-5-23-12/h1-7,20H,8-9H2,(H,18,21)(H,19,22). The third-order valence-corrected chi connectivity index (χ3v) is 3.77. The predicted octanol–water partition coefficient (Wildman–Crippen LogP) is 2.57. The van der Waals surface area contributed by atoms with Gasteiger partial charge in [0.05, 0.1) is 19.4 Å². The van der Waals surface area contributed by atoms with Crippen molar-refractivity contribution in [2.75, 3.05) is 6.54 Å². The molecule has 0 fully saturated rings. The van der Waals surface area contributed by atoms with E-state index in [1.807, 2.05) is 18.2 Å². The number of aromatic nitrogens is 1. The van der Waals surface area contributed by atoms with E-state index in [2.05, 4.69) is 31.5 Å². The number of rotatable bonds is 5. The van der Waals surface area contributed by atoms with E-state index in [4.69, 9.17) is 4.42 Å². The van der Waals surface area contributed by atoms with Crippen LogP contribution < -0.4 is 10.6 Å². The highest BCUT2D eigenvalue weighted by Gasteiger charge is 2.11. The van der Waals surface area contributed by atoms with Crippen LogP contribution in [0.2, 0.25) is 0 Å². The van der Waals surface area contributed by atoms with Crippen molar-refractivity contribution in [2.45, 2.75) is 6.54 Å². The number of amides is 2. The molecule has 2 aromatic heterocycles. The summed E-state index contributed by atoms with van der Waals surface area (Å²) in [5.74, 6) is 0.0462. The lowest BCUT2D eigenvalue weighted by Gasteiger charge is -2.04. The normalized spacial score (nSPS) is 10.7. The van der Waals surface area contributed by atoms with Gasteiger partial charge in [0.25, 0.3) is 5.91 Å². The first-order valence-electron chi connectivity index (χ1n) is 6.97. The molecule has 118 valence electrons. The zero-order valence-electron chi connectivity index (χ0n) is 12.1. The zero-order valence-corrected chi connectivity index (χ0v) is 13.6. The van der Waals surface area contributed by atoms with Crippen molar-refractivity contribution in [3.63, 3.8) is 0 Å². The van der Waals surface area contributed by atoms with E-state index < -0.39 is 0 Å². The summed E-state index contributed by atoms with van der Waals surface area (Å²) in [5, 5.41) is 6.17. The molecule has 0 saturated carbocycles. The third-order valence-electron chi connectivity index (χ3n) is 3.28. The summed E-state index contributed by atoms with van der Waals surface area (Å²) in [6.07, 6.45) is 1.54. The Morgan fingerprint density at radius 3 is 2.83 bits per heavy atom. The van der Waals surface area contributed by atoms with E-state index in [0.717, 1.165) is 15.4 Å². The summed E-state index contributed by atoms with van der Waals surface area (Å²) >= 11 is 3.38. The first kappa shape index (κ1) is 15.4. The molecule has 2 heterocycles. The highest BCUT2D eigenvalue weighted by Crippen LogP contribution is 2.20. The topological polar surface area (TPSA) is 87.1 Å². The van der Waals surface area contributed by atoms with Crippen molar-refractivity contribution in [1.82, 2.24) is 15.6 Å². The Kier molecular flexibility index (Phi) is 4.47. The van der Waals surface area contributed by atoms with Gasteiger partial charge in [-0.25, -0.2) is 0 Å². The van der Waals surface area contributed by atoms with Crippen molar-refractivity contribution < 1.29 is 14.0 Å². The van der Waals surface area contributed by atoms with Gasteiger partial charge in [0.2, 0.25) is 5.91 Å². The minimum Gasteiger partial charge on any atom is -0.467 e. The monoisotopic (exact) mass is 375 g/mol. The molecule has 3 rings (SSSR count). The SMILES string of the molecule is O=C(CNC(=O)c1cc2ccc(Br)cc2[nH]1)NCc1ccco1. The lowest BCUT2D eigenvalue weighted by molar-refractivity contribution is -0.120. The Morgan fingerprint density at radius 1 is 1.17 bits per heavy atom. The Hall–Kier alpha value is -2.54. The number of hydrogen-bond donors (Lipinski definition) is 3. The fourth-order valence-corrected chi connectivity index (χ4v) is 2.50. The van der Waals surface area contributed by atoms with E-state index in [9.17, 15) is 9.59 Å². The summed E-state index contributed by atoms with van der Waals surface area (Å²) < 4.78 is 6.04. The van der Waals surface area contributed by atoms with Crippen LogP contribution in [0.5, 0.6) is 0 Å². The Morgan fingerprint density at radius 2 is 2.04 bits per heavy atom. The summed E-state index contributed by atoms with van der Waals surface area (Å²) in [7, 11) is 0. The van der Waals surface area contributed by atoms with Gasteiger partial charge < -0.3 is 20.0 Å². The number of carbonyl (C=O) groups is 2. The largest absolute Gasteiger partial charge is 0.467 e. The van der Waals surface area contributed by atoms with Gasteiger partial charge in [-0.3, -0.25) is 9.59 Å². The van der Waals surface area contributed by atoms with E-state index in [0.29, 0.717) is 18.0 Å². The molecule has 3 N–H and O–H groups in total. The maximum atomic E-state index is 12.1. The minimum absolute atomic E-state index is 0.0986. The third kappa shape index (κ3) is 3.81. The second-order valence-electron chi connectivity index (χ2n) is 4.95. The van der Waals surface area contributed by atoms with Crippen LogP contribution in [0.25, 0.3) is 10.9 Å². The molecule has 0 saturated heterocycles. The molecule has 7 heteroatoms. The number of halogens is 1. The van der Waals surface area contributed by atoms with Crippen LogP contribution in [-0.4, -0.2) is 23.3 Å². The molecule has 0 atom stereocenters. The number of aromatic amines is 1. The minimum atomic E-state index is -0.328. The van der Waals surface area contributed by atoms with Crippen LogP contribution in [0, 0.1) is 0 Å². The number of furan rings is 1. The molecule has 0 radical (unpaired) electrons. The van der Waals surface area contributed by atoms with Gasteiger partial charge >= 0.3 is 0 Å². The fourth-order valence-electron chi connectivity index (χ4n) is 2.14. The average molecular weight is 376 g/mol. The Labute approximate surface area is 140 Å². The number of nitrogens with one attached hydrogen (secondary N) is 3. The van der Waals surface area contributed by atoms with Crippen molar-refractivity contribution >= 4 is 38.6 Å². The van der Waals surface area contributed by atoms with E-state index in [-0.39, 0.29) is 18.4 Å². The maximum absolute atomic E-state index is 12.1. The second-order valence-corrected chi connectivity index (χ2v) is 5.87. The number of carbonyl (C=O) groups excluding carboxylic acids is 2. The van der Waals surface area contributed by atoms with Gasteiger partial charge in [-0.1, -0.05) is 22.0 Å². The highest BCUT2D eigenvalue weighted by molar-refractivity contribution is 9.10. The summed E-state index contributed by atoms with van der Waals surface area (Å²) in [6.45, 7) is 0.195. The molecule has 3 aromatic rings. The maximum Gasteiger partial charge on any atom is 0.268 e. The molecule has 0 bridgehead atoms. The Balaban J connectivity index is 1.54. The molecular formula is C16H14BrN3O3. The van der Waals surface area contributed by atoms with Crippen molar-refractivity contribution in [1.29, 1.82) is 0 Å². The first-order valence-corrected chi connectivity index (χ1v) is 7.76. The van der Waals surface area contributed by atoms with Gasteiger partial charge in [0.15, 0.2) is 0 Å². The van der Waals surface area contributed by atoms with Gasteiger partial charge in [-0.15, -0.1) is 0 Å². The first-order chi connectivity index (χ1) is 11.1. The van der Waals surface area contributed by atoms with Crippen molar-refractivity contribution in [3.05, 3.63) is 58.6 Å².